The summed E-state index contributed by atoms with van der Waals surface area (Å²) in [5, 5.41) is 0. The monoisotopic (exact) mass is 342 g/mol. The molecule has 1 heteroatoms. The Morgan fingerprint density at radius 2 is 1.12 bits per heavy atom. The van der Waals surface area contributed by atoms with E-state index in [1.807, 2.05) is 6.92 Å². The SMILES string of the molecule is CC/C=C\C/C=C\C/C=C\C/C=C\C/C=C\CCC(CC)C(=O)CC. The first kappa shape index (κ1) is 23.4. The Hall–Kier alpha value is -1.63. The molecule has 0 heterocycles. The second-order valence-corrected chi connectivity index (χ2v) is 6.21. The van der Waals surface area contributed by atoms with Crippen molar-refractivity contribution in [3.05, 3.63) is 60.8 Å². The van der Waals surface area contributed by atoms with Crippen molar-refractivity contribution >= 4 is 5.78 Å². The standard InChI is InChI=1S/C24H38O/c1-4-7-8-9-10-11-12-13-14-15-16-17-18-19-20-21-22-23(5-2)24(25)6-3/h7-8,10-11,13-14,16-17,19-20,23H,4-6,9,12,15,18,21-22H2,1-3H3/b8-7-,11-10-,14-13-,17-16-,20-19-. The van der Waals surface area contributed by atoms with Crippen LogP contribution in [-0.4, -0.2) is 5.78 Å². The van der Waals surface area contributed by atoms with Gasteiger partial charge in [0.25, 0.3) is 0 Å². The summed E-state index contributed by atoms with van der Waals surface area (Å²) in [7, 11) is 0. The Morgan fingerprint density at radius 3 is 1.52 bits per heavy atom. The van der Waals surface area contributed by atoms with E-state index in [9.17, 15) is 4.79 Å². The van der Waals surface area contributed by atoms with E-state index in [0.29, 0.717) is 12.2 Å². The van der Waals surface area contributed by atoms with Crippen molar-refractivity contribution in [2.75, 3.05) is 0 Å². The van der Waals surface area contributed by atoms with E-state index < -0.39 is 0 Å². The third-order valence-corrected chi connectivity index (χ3v) is 4.14. The van der Waals surface area contributed by atoms with Crippen LogP contribution in [0, 0.1) is 5.92 Å². The van der Waals surface area contributed by atoms with Crippen LogP contribution in [0.25, 0.3) is 0 Å². The van der Waals surface area contributed by atoms with Gasteiger partial charge in [-0.2, -0.15) is 0 Å². The van der Waals surface area contributed by atoms with Gasteiger partial charge in [-0.15, -0.1) is 0 Å². The number of rotatable bonds is 15. The summed E-state index contributed by atoms with van der Waals surface area (Å²) in [5.41, 5.74) is 0. The molecule has 0 aromatic carbocycles. The largest absolute Gasteiger partial charge is 0.299 e. The van der Waals surface area contributed by atoms with Crippen molar-refractivity contribution in [1.82, 2.24) is 0 Å². The first-order valence-corrected chi connectivity index (χ1v) is 10.0. The Kier molecular flexibility index (Phi) is 17.5. The van der Waals surface area contributed by atoms with Gasteiger partial charge in [-0.1, -0.05) is 81.5 Å². The van der Waals surface area contributed by atoms with Crippen molar-refractivity contribution < 1.29 is 4.79 Å². The van der Waals surface area contributed by atoms with Gasteiger partial charge in [-0.25, -0.2) is 0 Å². The summed E-state index contributed by atoms with van der Waals surface area (Å²) in [4.78, 5) is 11.7. The molecule has 140 valence electrons. The first-order valence-electron chi connectivity index (χ1n) is 10.0. The minimum absolute atomic E-state index is 0.257. The molecule has 0 aliphatic rings. The molecule has 1 atom stereocenters. The topological polar surface area (TPSA) is 17.1 Å². The average Bonchev–Trinajstić information content (AvgIpc) is 2.64. The Morgan fingerprint density at radius 1 is 0.680 bits per heavy atom. The fraction of sp³-hybridized carbons (Fsp3) is 0.542. The highest BCUT2D eigenvalue weighted by Gasteiger charge is 2.12. The van der Waals surface area contributed by atoms with Crippen LogP contribution in [0.4, 0.5) is 0 Å². The van der Waals surface area contributed by atoms with E-state index in [-0.39, 0.29) is 5.92 Å². The third-order valence-electron chi connectivity index (χ3n) is 4.14. The molecular weight excluding hydrogens is 304 g/mol. The number of carbonyl (C=O) groups excluding carboxylic acids is 1. The maximum atomic E-state index is 11.7. The van der Waals surface area contributed by atoms with Gasteiger partial charge in [0.15, 0.2) is 0 Å². The number of hydrogen-bond acceptors (Lipinski definition) is 1. The quantitative estimate of drug-likeness (QED) is 0.281. The molecule has 0 N–H and O–H groups in total. The maximum absolute atomic E-state index is 11.7. The predicted octanol–water partition coefficient (Wildman–Crippen LogP) is 7.52. The highest BCUT2D eigenvalue weighted by atomic mass is 16.1. The smallest absolute Gasteiger partial charge is 0.135 e. The number of Topliss-reactive ketones (excluding diaryl/α,β-unsaturated/α-hetero) is 1. The van der Waals surface area contributed by atoms with Crippen molar-refractivity contribution in [3.8, 4) is 0 Å². The molecule has 0 aliphatic heterocycles. The molecule has 0 aromatic heterocycles. The molecule has 1 nitrogen and oxygen atoms in total. The lowest BCUT2D eigenvalue weighted by atomic mass is 9.94. The summed E-state index contributed by atoms with van der Waals surface area (Å²) in [5.74, 6) is 0.668. The van der Waals surface area contributed by atoms with Gasteiger partial charge in [-0.05, 0) is 51.4 Å². The van der Waals surface area contributed by atoms with E-state index in [1.165, 1.54) is 0 Å². The number of carbonyl (C=O) groups is 1. The lowest BCUT2D eigenvalue weighted by molar-refractivity contribution is -0.122. The van der Waals surface area contributed by atoms with Gasteiger partial charge in [0.05, 0.1) is 0 Å². The fourth-order valence-corrected chi connectivity index (χ4v) is 2.55. The minimum Gasteiger partial charge on any atom is -0.299 e. The van der Waals surface area contributed by atoms with E-state index in [0.717, 1.165) is 51.4 Å². The molecule has 0 saturated carbocycles. The van der Waals surface area contributed by atoms with Gasteiger partial charge in [0.2, 0.25) is 0 Å². The van der Waals surface area contributed by atoms with Crippen LogP contribution in [0.5, 0.6) is 0 Å². The zero-order chi connectivity index (χ0) is 18.6. The zero-order valence-electron chi connectivity index (χ0n) is 16.6. The van der Waals surface area contributed by atoms with Crippen LogP contribution in [0.3, 0.4) is 0 Å². The zero-order valence-corrected chi connectivity index (χ0v) is 16.6. The van der Waals surface area contributed by atoms with Crippen LogP contribution in [0.2, 0.25) is 0 Å². The van der Waals surface area contributed by atoms with Crippen LogP contribution < -0.4 is 0 Å². The van der Waals surface area contributed by atoms with Crippen LogP contribution >= 0.6 is 0 Å². The lowest BCUT2D eigenvalue weighted by Gasteiger charge is -2.10. The molecule has 0 aromatic rings. The Labute approximate surface area is 156 Å². The van der Waals surface area contributed by atoms with Crippen LogP contribution in [-0.2, 0) is 4.79 Å². The van der Waals surface area contributed by atoms with E-state index in [2.05, 4.69) is 74.6 Å². The molecule has 0 saturated heterocycles. The molecule has 0 aliphatic carbocycles. The second-order valence-electron chi connectivity index (χ2n) is 6.21. The molecule has 0 radical (unpaired) electrons. The molecule has 0 amide bonds. The summed E-state index contributed by atoms with van der Waals surface area (Å²) in [6.45, 7) is 6.22. The fourth-order valence-electron chi connectivity index (χ4n) is 2.55. The Bertz CT molecular complexity index is 449. The highest BCUT2D eigenvalue weighted by Crippen LogP contribution is 2.14. The molecule has 25 heavy (non-hydrogen) atoms. The number of ketones is 1. The molecular formula is C24H38O. The van der Waals surface area contributed by atoms with Gasteiger partial charge < -0.3 is 0 Å². The maximum Gasteiger partial charge on any atom is 0.135 e. The summed E-state index contributed by atoms with van der Waals surface area (Å²) in [6.07, 6.45) is 30.9. The highest BCUT2D eigenvalue weighted by molar-refractivity contribution is 5.80. The van der Waals surface area contributed by atoms with Crippen LogP contribution in [0.15, 0.2) is 60.8 Å². The molecule has 0 fully saturated rings. The predicted molar refractivity (Wildman–Crippen MR) is 113 cm³/mol. The summed E-state index contributed by atoms with van der Waals surface area (Å²) >= 11 is 0. The molecule has 0 rings (SSSR count). The lowest BCUT2D eigenvalue weighted by Crippen LogP contribution is -2.11. The molecule has 0 spiro atoms. The molecule has 0 bridgehead atoms. The van der Waals surface area contributed by atoms with Gasteiger partial charge >= 0.3 is 0 Å². The van der Waals surface area contributed by atoms with Crippen molar-refractivity contribution in [1.29, 1.82) is 0 Å². The number of hydrogen-bond donors (Lipinski definition) is 0. The second kappa shape index (κ2) is 18.7. The summed E-state index contributed by atoms with van der Waals surface area (Å²) < 4.78 is 0. The Balaban J connectivity index is 3.66. The number of allylic oxidation sites excluding steroid dienone is 10. The van der Waals surface area contributed by atoms with Gasteiger partial charge in [0.1, 0.15) is 5.78 Å². The minimum atomic E-state index is 0.257. The van der Waals surface area contributed by atoms with Gasteiger partial charge in [0, 0.05) is 12.3 Å². The molecule has 1 unspecified atom stereocenters. The van der Waals surface area contributed by atoms with E-state index in [1.54, 1.807) is 0 Å². The average molecular weight is 343 g/mol. The third kappa shape index (κ3) is 15.6. The van der Waals surface area contributed by atoms with E-state index >= 15 is 0 Å². The first-order chi connectivity index (χ1) is 12.3. The summed E-state index contributed by atoms with van der Waals surface area (Å²) in [6, 6.07) is 0. The normalized spacial score (nSPS) is 14.0. The van der Waals surface area contributed by atoms with Gasteiger partial charge in [-0.3, -0.25) is 4.79 Å². The van der Waals surface area contributed by atoms with Crippen molar-refractivity contribution in [3.63, 3.8) is 0 Å². The van der Waals surface area contributed by atoms with Crippen molar-refractivity contribution in [2.24, 2.45) is 5.92 Å². The van der Waals surface area contributed by atoms with E-state index in [4.69, 9.17) is 0 Å². The van der Waals surface area contributed by atoms with Crippen LogP contribution in [0.1, 0.15) is 78.6 Å². The van der Waals surface area contributed by atoms with Crippen molar-refractivity contribution in [2.45, 2.75) is 78.6 Å².